The van der Waals surface area contributed by atoms with E-state index in [1.54, 1.807) is 49.3 Å². The van der Waals surface area contributed by atoms with Crippen LogP contribution >= 0.6 is 0 Å². The van der Waals surface area contributed by atoms with Crippen LogP contribution in [0.15, 0.2) is 84.3 Å². The third-order valence-corrected chi connectivity index (χ3v) is 6.61. The Balaban J connectivity index is 1.59. The maximum Gasteiger partial charge on any atom is 0.336 e. The van der Waals surface area contributed by atoms with Crippen molar-refractivity contribution >= 4 is 17.8 Å². The Morgan fingerprint density at radius 3 is 2.51 bits per heavy atom. The smallest absolute Gasteiger partial charge is 0.336 e. The summed E-state index contributed by atoms with van der Waals surface area (Å²) < 4.78 is 5.40. The quantitative estimate of drug-likeness (QED) is 0.457. The summed E-state index contributed by atoms with van der Waals surface area (Å²) in [6.07, 6.45) is 3.53. The molecule has 4 rings (SSSR count). The minimum atomic E-state index is -0.407. The zero-order chi connectivity index (χ0) is 26.4. The molecule has 0 aliphatic carbocycles. The Hall–Kier alpha value is -4.26. The Morgan fingerprint density at radius 2 is 1.78 bits per heavy atom. The zero-order valence-electron chi connectivity index (χ0n) is 21.4. The van der Waals surface area contributed by atoms with Crippen molar-refractivity contribution in [3.63, 3.8) is 0 Å². The molecule has 1 aromatic heterocycles. The monoisotopic (exact) mass is 497 g/mol. The molecule has 0 fully saturated rings. The third-order valence-electron chi connectivity index (χ3n) is 6.61. The molecule has 190 valence electrons. The van der Waals surface area contributed by atoms with Gasteiger partial charge >= 0.3 is 5.97 Å². The van der Waals surface area contributed by atoms with Crippen LogP contribution in [0.4, 0.5) is 0 Å². The van der Waals surface area contributed by atoms with E-state index < -0.39 is 5.97 Å². The number of allylic oxidation sites excluding steroid dienone is 1. The highest BCUT2D eigenvalue weighted by Crippen LogP contribution is 2.38. The molecular formula is C30H31N3O4. The second-order valence-corrected chi connectivity index (χ2v) is 9.05. The van der Waals surface area contributed by atoms with Crippen LogP contribution in [-0.4, -0.2) is 34.3 Å². The lowest BCUT2D eigenvalue weighted by atomic mass is 9.81. The van der Waals surface area contributed by atoms with E-state index in [0.717, 1.165) is 22.3 Å². The van der Waals surface area contributed by atoms with Gasteiger partial charge in [0, 0.05) is 42.5 Å². The molecule has 2 amide bonds. The molecule has 2 heterocycles. The second kappa shape index (κ2) is 11.6. The summed E-state index contributed by atoms with van der Waals surface area (Å²) in [6, 6.07) is 18.7. The standard InChI is InChI=1S/C30H31N3O4/c1-4-37-30(36)28-21(3)33(27(34)17-26(28)25-11-6-5-8-20(25)2)19-23-9-7-10-24(16-23)29(35)32-18-22-12-14-31-15-13-22/h5-16,26H,4,17-19H2,1-3H3,(H,32,35). The predicted molar refractivity (Wildman–Crippen MR) is 140 cm³/mol. The summed E-state index contributed by atoms with van der Waals surface area (Å²) in [5.74, 6) is -1.06. The zero-order valence-corrected chi connectivity index (χ0v) is 21.4. The van der Waals surface area contributed by atoms with Gasteiger partial charge in [-0.25, -0.2) is 4.79 Å². The molecular weight excluding hydrogens is 466 g/mol. The van der Waals surface area contributed by atoms with E-state index in [9.17, 15) is 14.4 Å². The number of rotatable bonds is 8. The van der Waals surface area contributed by atoms with Gasteiger partial charge in [-0.3, -0.25) is 14.6 Å². The first-order chi connectivity index (χ1) is 17.9. The second-order valence-electron chi connectivity index (χ2n) is 9.05. The summed E-state index contributed by atoms with van der Waals surface area (Å²) in [5.41, 5.74) is 5.30. The highest BCUT2D eigenvalue weighted by molar-refractivity contribution is 5.96. The van der Waals surface area contributed by atoms with Gasteiger partial charge in [0.2, 0.25) is 5.91 Å². The number of amides is 2. The van der Waals surface area contributed by atoms with Crippen LogP contribution < -0.4 is 5.32 Å². The van der Waals surface area contributed by atoms with Crippen molar-refractivity contribution in [2.45, 2.75) is 46.2 Å². The predicted octanol–water partition coefficient (Wildman–Crippen LogP) is 4.67. The number of aromatic nitrogens is 1. The fourth-order valence-corrected chi connectivity index (χ4v) is 4.70. The number of nitrogens with zero attached hydrogens (tertiary/aromatic N) is 2. The molecule has 1 aliphatic rings. The molecule has 0 spiro atoms. The first kappa shape index (κ1) is 25.8. The minimum Gasteiger partial charge on any atom is -0.463 e. The van der Waals surface area contributed by atoms with Gasteiger partial charge in [-0.1, -0.05) is 36.4 Å². The summed E-state index contributed by atoms with van der Waals surface area (Å²) in [5, 5.41) is 2.91. The van der Waals surface area contributed by atoms with Crippen LogP contribution in [0.25, 0.3) is 0 Å². The van der Waals surface area contributed by atoms with Gasteiger partial charge in [-0.05, 0) is 67.3 Å². The Bertz CT molecular complexity index is 1330. The van der Waals surface area contributed by atoms with Crippen molar-refractivity contribution in [3.05, 3.63) is 112 Å². The molecule has 1 aliphatic heterocycles. The van der Waals surface area contributed by atoms with Gasteiger partial charge < -0.3 is 15.0 Å². The van der Waals surface area contributed by atoms with Gasteiger partial charge in [0.05, 0.1) is 18.7 Å². The van der Waals surface area contributed by atoms with E-state index in [4.69, 9.17) is 4.74 Å². The molecule has 0 saturated carbocycles. The van der Waals surface area contributed by atoms with Crippen LogP contribution in [0.1, 0.15) is 58.8 Å². The van der Waals surface area contributed by atoms with Crippen molar-refractivity contribution in [1.29, 1.82) is 0 Å². The number of carbonyl (C=O) groups excluding carboxylic acids is 3. The van der Waals surface area contributed by atoms with Crippen LogP contribution in [0.3, 0.4) is 0 Å². The Morgan fingerprint density at radius 1 is 1.03 bits per heavy atom. The normalized spacial score (nSPS) is 15.5. The van der Waals surface area contributed by atoms with E-state index in [2.05, 4.69) is 10.3 Å². The number of pyridine rings is 1. The highest BCUT2D eigenvalue weighted by Gasteiger charge is 2.37. The number of nitrogens with one attached hydrogen (secondary N) is 1. The molecule has 0 radical (unpaired) electrons. The summed E-state index contributed by atoms with van der Waals surface area (Å²) in [6.45, 7) is 6.43. The van der Waals surface area contributed by atoms with E-state index >= 15 is 0 Å². The average molecular weight is 498 g/mol. The van der Waals surface area contributed by atoms with E-state index in [1.807, 2.05) is 49.4 Å². The molecule has 0 saturated heterocycles. The summed E-state index contributed by atoms with van der Waals surface area (Å²) >= 11 is 0. The topological polar surface area (TPSA) is 88.6 Å². The van der Waals surface area contributed by atoms with Gasteiger partial charge in [0.15, 0.2) is 0 Å². The molecule has 1 N–H and O–H groups in total. The third kappa shape index (κ3) is 5.94. The lowest BCUT2D eigenvalue weighted by Crippen LogP contribution is -2.38. The van der Waals surface area contributed by atoms with Gasteiger partial charge in [-0.15, -0.1) is 0 Å². The number of hydrogen-bond donors (Lipinski definition) is 1. The maximum atomic E-state index is 13.4. The lowest BCUT2D eigenvalue weighted by molar-refractivity contribution is -0.140. The molecule has 2 aromatic carbocycles. The van der Waals surface area contributed by atoms with Crippen LogP contribution in [0.5, 0.6) is 0 Å². The lowest BCUT2D eigenvalue weighted by Gasteiger charge is -2.35. The van der Waals surface area contributed by atoms with E-state index in [-0.39, 0.29) is 37.3 Å². The largest absolute Gasteiger partial charge is 0.463 e. The van der Waals surface area contributed by atoms with Crippen molar-refractivity contribution in [1.82, 2.24) is 15.2 Å². The number of esters is 1. The summed E-state index contributed by atoms with van der Waals surface area (Å²) in [4.78, 5) is 44.8. The van der Waals surface area contributed by atoms with Crippen molar-refractivity contribution in [2.24, 2.45) is 0 Å². The van der Waals surface area contributed by atoms with Crippen molar-refractivity contribution < 1.29 is 19.1 Å². The number of benzene rings is 2. The first-order valence-electron chi connectivity index (χ1n) is 12.4. The number of hydrogen-bond acceptors (Lipinski definition) is 5. The fraction of sp³-hybridized carbons (Fsp3) is 0.267. The molecule has 0 bridgehead atoms. The molecule has 7 heteroatoms. The van der Waals surface area contributed by atoms with Gasteiger partial charge in [-0.2, -0.15) is 0 Å². The number of carbonyl (C=O) groups is 3. The molecule has 3 aromatic rings. The maximum absolute atomic E-state index is 13.4. The molecule has 7 nitrogen and oxygen atoms in total. The van der Waals surface area contributed by atoms with Gasteiger partial charge in [0.25, 0.3) is 5.91 Å². The Kier molecular flexibility index (Phi) is 8.13. The molecule has 1 unspecified atom stereocenters. The van der Waals surface area contributed by atoms with Gasteiger partial charge in [0.1, 0.15) is 0 Å². The van der Waals surface area contributed by atoms with Crippen LogP contribution in [0, 0.1) is 6.92 Å². The Labute approximate surface area is 217 Å². The van der Waals surface area contributed by atoms with Crippen LogP contribution in [-0.2, 0) is 27.4 Å². The average Bonchev–Trinajstić information content (AvgIpc) is 2.90. The highest BCUT2D eigenvalue weighted by atomic mass is 16.5. The molecule has 37 heavy (non-hydrogen) atoms. The SMILES string of the molecule is CCOC(=O)C1=C(C)N(Cc2cccc(C(=O)NCc3ccncc3)c2)C(=O)CC1c1ccccc1C. The van der Waals surface area contributed by atoms with E-state index in [0.29, 0.717) is 23.4 Å². The van der Waals surface area contributed by atoms with E-state index in [1.165, 1.54) is 0 Å². The first-order valence-corrected chi connectivity index (χ1v) is 12.4. The number of ether oxygens (including phenoxy) is 1. The minimum absolute atomic E-state index is 0.0775. The van der Waals surface area contributed by atoms with Crippen molar-refractivity contribution in [3.8, 4) is 0 Å². The fourth-order valence-electron chi connectivity index (χ4n) is 4.70. The van der Waals surface area contributed by atoms with Crippen LogP contribution in [0.2, 0.25) is 0 Å². The van der Waals surface area contributed by atoms with Crippen molar-refractivity contribution in [2.75, 3.05) is 6.61 Å². The summed E-state index contributed by atoms with van der Waals surface area (Å²) in [7, 11) is 0. The molecule has 1 atom stereocenters. The number of aryl methyl sites for hydroxylation is 1.